The minimum absolute atomic E-state index is 0.0564. The van der Waals surface area contributed by atoms with Crippen LogP contribution in [-0.4, -0.2) is 27.8 Å². The first-order valence-corrected chi connectivity index (χ1v) is 9.97. The van der Waals surface area contributed by atoms with Gasteiger partial charge in [-0.3, -0.25) is 9.59 Å². The molecule has 3 aromatic rings. The van der Waals surface area contributed by atoms with Gasteiger partial charge < -0.3 is 9.88 Å². The number of carbonyl (C=O) groups is 2. The zero-order valence-corrected chi connectivity index (χ0v) is 17.1. The molecule has 1 atom stereocenters. The van der Waals surface area contributed by atoms with E-state index in [1.807, 2.05) is 30.5 Å². The van der Waals surface area contributed by atoms with Crippen molar-refractivity contribution in [3.05, 3.63) is 76.5 Å². The molecule has 28 heavy (non-hydrogen) atoms. The number of benzene rings is 2. The first kappa shape index (κ1) is 18.6. The van der Waals surface area contributed by atoms with Crippen LogP contribution in [0.4, 0.5) is 0 Å². The topological polar surface area (TPSA) is 64.0 Å². The van der Waals surface area contributed by atoms with Crippen LogP contribution in [0.3, 0.4) is 0 Å². The summed E-state index contributed by atoms with van der Waals surface area (Å²) in [4.78, 5) is 28.2. The lowest BCUT2D eigenvalue weighted by molar-refractivity contribution is -0.124. The lowest BCUT2D eigenvalue weighted by Crippen LogP contribution is -2.36. The van der Waals surface area contributed by atoms with Crippen LogP contribution in [0.2, 0.25) is 0 Å². The molecule has 1 amide bonds. The van der Waals surface area contributed by atoms with Crippen LogP contribution in [0.5, 0.6) is 0 Å². The molecule has 1 aliphatic rings. The van der Waals surface area contributed by atoms with Crippen molar-refractivity contribution in [1.29, 1.82) is 0 Å². The number of rotatable bonds is 6. The fraction of sp³-hybridized carbons (Fsp3) is 0.227. The minimum atomic E-state index is -0.517. The second-order valence-electron chi connectivity index (χ2n) is 7.01. The normalized spacial score (nSPS) is 17.1. The molecule has 1 N–H and O–H groups in total. The highest BCUT2D eigenvalue weighted by atomic mass is 79.9. The van der Waals surface area contributed by atoms with E-state index in [2.05, 4.69) is 55.1 Å². The van der Waals surface area contributed by atoms with Gasteiger partial charge in [-0.15, -0.1) is 0 Å². The van der Waals surface area contributed by atoms with Crippen molar-refractivity contribution in [3.8, 4) is 11.4 Å². The molecular weight excluding hydrogens is 418 g/mol. The Morgan fingerprint density at radius 1 is 1.14 bits per heavy atom. The summed E-state index contributed by atoms with van der Waals surface area (Å²) >= 11 is 3.51. The Morgan fingerprint density at radius 2 is 1.89 bits per heavy atom. The highest BCUT2D eigenvalue weighted by Gasteiger charge is 2.44. The highest BCUT2D eigenvalue weighted by Crippen LogP contribution is 2.49. The second-order valence-corrected chi connectivity index (χ2v) is 7.93. The summed E-state index contributed by atoms with van der Waals surface area (Å²) < 4.78 is 3.17. The molecule has 0 saturated heterocycles. The van der Waals surface area contributed by atoms with E-state index in [1.165, 1.54) is 6.92 Å². The second kappa shape index (κ2) is 7.36. The van der Waals surface area contributed by atoms with Crippen LogP contribution in [-0.2, 0) is 15.1 Å². The van der Waals surface area contributed by atoms with Gasteiger partial charge in [0.05, 0.1) is 12.1 Å². The van der Waals surface area contributed by atoms with Crippen molar-refractivity contribution in [1.82, 2.24) is 14.9 Å². The highest BCUT2D eigenvalue weighted by molar-refractivity contribution is 9.10. The predicted molar refractivity (Wildman–Crippen MR) is 111 cm³/mol. The number of amides is 1. The van der Waals surface area contributed by atoms with Gasteiger partial charge in [0.1, 0.15) is 11.6 Å². The molecule has 0 radical (unpaired) electrons. The Labute approximate surface area is 171 Å². The Kier molecular flexibility index (Phi) is 4.89. The van der Waals surface area contributed by atoms with Gasteiger partial charge in [0, 0.05) is 28.9 Å². The Morgan fingerprint density at radius 3 is 2.64 bits per heavy atom. The number of nitrogens with zero attached hydrogens (tertiary/aromatic N) is 2. The lowest BCUT2D eigenvalue weighted by Gasteiger charge is -2.33. The fourth-order valence-electron chi connectivity index (χ4n) is 4.00. The van der Waals surface area contributed by atoms with Gasteiger partial charge >= 0.3 is 0 Å². The van der Waals surface area contributed by atoms with E-state index < -0.39 is 5.54 Å². The first-order chi connectivity index (χ1) is 13.5. The molecule has 0 saturated carbocycles. The van der Waals surface area contributed by atoms with Gasteiger partial charge in [0.25, 0.3) is 0 Å². The number of hydrogen-bond acceptors (Lipinski definition) is 3. The number of hydrogen-bond donors (Lipinski definition) is 1. The standard InChI is InChI=1S/C22H20BrN3O2/c1-15(27)14-25-20(28)10-11-22(16-6-8-17(23)9-7-16)19-5-3-2-4-18(19)21-24-12-13-26(21)22/h2-9,12-13H,10-11,14H2,1H3,(H,25,28). The summed E-state index contributed by atoms with van der Waals surface area (Å²) in [5.74, 6) is 0.722. The maximum absolute atomic E-state index is 12.4. The van der Waals surface area contributed by atoms with Gasteiger partial charge in [-0.2, -0.15) is 0 Å². The Bertz CT molecular complexity index is 1040. The molecule has 0 aliphatic carbocycles. The van der Waals surface area contributed by atoms with Gasteiger partial charge in [0.2, 0.25) is 5.91 Å². The molecule has 2 aromatic carbocycles. The predicted octanol–water partition coefficient (Wildman–Crippen LogP) is 3.90. The summed E-state index contributed by atoms with van der Waals surface area (Å²) in [6.45, 7) is 1.53. The third-order valence-corrected chi connectivity index (χ3v) is 5.76. The SMILES string of the molecule is CC(=O)CNC(=O)CCC1(c2ccc(Br)cc2)c2ccccc2-c2nccn21. The molecule has 142 valence electrons. The summed E-state index contributed by atoms with van der Waals surface area (Å²) in [6, 6.07) is 16.4. The monoisotopic (exact) mass is 437 g/mol. The maximum Gasteiger partial charge on any atom is 0.220 e. The number of imidazole rings is 1. The van der Waals surface area contributed by atoms with E-state index in [4.69, 9.17) is 0 Å². The molecule has 6 heteroatoms. The molecule has 2 heterocycles. The van der Waals surface area contributed by atoms with Crippen molar-refractivity contribution in [2.75, 3.05) is 6.54 Å². The molecule has 5 nitrogen and oxygen atoms in total. The number of carbonyl (C=O) groups excluding carboxylic acids is 2. The number of fused-ring (bicyclic) bond motifs is 3. The largest absolute Gasteiger partial charge is 0.349 e. The average Bonchev–Trinajstić information content (AvgIpc) is 3.27. The molecule has 0 bridgehead atoms. The van der Waals surface area contributed by atoms with Crippen molar-refractivity contribution in [3.63, 3.8) is 0 Å². The van der Waals surface area contributed by atoms with Crippen LogP contribution in [0.1, 0.15) is 30.9 Å². The van der Waals surface area contributed by atoms with Crippen molar-refractivity contribution < 1.29 is 9.59 Å². The summed E-state index contributed by atoms with van der Waals surface area (Å²) in [7, 11) is 0. The van der Waals surface area contributed by atoms with E-state index in [9.17, 15) is 9.59 Å². The van der Waals surface area contributed by atoms with Gasteiger partial charge in [-0.1, -0.05) is 52.3 Å². The summed E-state index contributed by atoms with van der Waals surface area (Å²) in [5, 5.41) is 2.70. The maximum atomic E-state index is 12.4. The zero-order valence-electron chi connectivity index (χ0n) is 15.5. The van der Waals surface area contributed by atoms with Gasteiger partial charge in [-0.25, -0.2) is 4.98 Å². The number of aromatic nitrogens is 2. The van der Waals surface area contributed by atoms with Crippen molar-refractivity contribution in [2.45, 2.75) is 25.3 Å². The molecule has 4 rings (SSSR count). The van der Waals surface area contributed by atoms with E-state index >= 15 is 0 Å². The van der Waals surface area contributed by atoms with E-state index in [1.54, 1.807) is 6.20 Å². The smallest absolute Gasteiger partial charge is 0.220 e. The summed E-state index contributed by atoms with van der Waals surface area (Å²) in [6.07, 6.45) is 4.65. The average molecular weight is 438 g/mol. The van der Waals surface area contributed by atoms with Crippen LogP contribution < -0.4 is 5.32 Å². The lowest BCUT2D eigenvalue weighted by atomic mass is 9.79. The molecule has 1 aliphatic heterocycles. The number of halogens is 1. The van der Waals surface area contributed by atoms with Crippen LogP contribution in [0.15, 0.2) is 65.4 Å². The Hall–Kier alpha value is -2.73. The van der Waals surface area contributed by atoms with Crippen LogP contribution in [0, 0.1) is 0 Å². The minimum Gasteiger partial charge on any atom is -0.349 e. The molecular formula is C22H20BrN3O2. The van der Waals surface area contributed by atoms with Gasteiger partial charge in [-0.05, 0) is 36.6 Å². The molecule has 0 fully saturated rings. The quantitative estimate of drug-likeness (QED) is 0.635. The van der Waals surface area contributed by atoms with Crippen molar-refractivity contribution in [2.24, 2.45) is 0 Å². The number of Topliss-reactive ketones (excluding diaryl/α,β-unsaturated/α-hetero) is 1. The third-order valence-electron chi connectivity index (χ3n) is 5.24. The van der Waals surface area contributed by atoms with E-state index in [0.717, 1.165) is 27.0 Å². The first-order valence-electron chi connectivity index (χ1n) is 9.18. The molecule has 0 spiro atoms. The van der Waals surface area contributed by atoms with Crippen LogP contribution in [0.25, 0.3) is 11.4 Å². The van der Waals surface area contributed by atoms with E-state index in [0.29, 0.717) is 12.8 Å². The number of ketones is 1. The number of nitrogens with one attached hydrogen (secondary N) is 1. The zero-order chi connectivity index (χ0) is 19.7. The fourth-order valence-corrected chi connectivity index (χ4v) is 4.27. The van der Waals surface area contributed by atoms with Crippen molar-refractivity contribution >= 4 is 27.6 Å². The summed E-state index contributed by atoms with van der Waals surface area (Å²) in [5.41, 5.74) is 2.80. The Balaban J connectivity index is 1.79. The van der Waals surface area contributed by atoms with Gasteiger partial charge in [0.15, 0.2) is 0 Å². The van der Waals surface area contributed by atoms with Crippen LogP contribution >= 0.6 is 15.9 Å². The molecule has 1 unspecified atom stereocenters. The third kappa shape index (κ3) is 3.07. The van der Waals surface area contributed by atoms with E-state index in [-0.39, 0.29) is 18.2 Å². The molecule has 1 aromatic heterocycles.